The number of esters is 1. The molecular weight excluding hydrogens is 544 g/mol. The Hall–Kier alpha value is -4.47. The highest BCUT2D eigenvalue weighted by Gasteiger charge is 2.56. The van der Waals surface area contributed by atoms with E-state index in [9.17, 15) is 4.79 Å². The van der Waals surface area contributed by atoms with Crippen LogP contribution in [0.3, 0.4) is 0 Å². The van der Waals surface area contributed by atoms with Gasteiger partial charge in [0.2, 0.25) is 11.8 Å². The summed E-state index contributed by atoms with van der Waals surface area (Å²) in [6.45, 7) is 7.32. The Morgan fingerprint density at radius 1 is 0.837 bits per heavy atom. The molecule has 9 heteroatoms. The number of fused-ring (bicyclic) bond motifs is 6. The van der Waals surface area contributed by atoms with Crippen LogP contribution in [0.5, 0.6) is 11.6 Å². The summed E-state index contributed by atoms with van der Waals surface area (Å²) in [6, 6.07) is 23.3. The molecule has 1 unspecified atom stereocenters. The van der Waals surface area contributed by atoms with Gasteiger partial charge in [-0.1, -0.05) is 48.5 Å². The van der Waals surface area contributed by atoms with Crippen molar-refractivity contribution in [2.45, 2.75) is 19.4 Å². The van der Waals surface area contributed by atoms with Crippen LogP contribution in [0.25, 0.3) is 11.3 Å². The van der Waals surface area contributed by atoms with Crippen LogP contribution in [0.15, 0.2) is 72.8 Å². The van der Waals surface area contributed by atoms with Gasteiger partial charge in [0.25, 0.3) is 0 Å². The van der Waals surface area contributed by atoms with Crippen LogP contribution >= 0.6 is 0 Å². The number of aromatic nitrogens is 2. The Morgan fingerprint density at radius 2 is 1.53 bits per heavy atom. The van der Waals surface area contributed by atoms with Gasteiger partial charge in [-0.3, -0.25) is 0 Å². The van der Waals surface area contributed by atoms with E-state index >= 15 is 0 Å². The smallest absolute Gasteiger partial charge is 0.340 e. The van der Waals surface area contributed by atoms with Gasteiger partial charge >= 0.3 is 5.97 Å². The van der Waals surface area contributed by atoms with Crippen molar-refractivity contribution in [2.24, 2.45) is 0 Å². The van der Waals surface area contributed by atoms with E-state index in [1.165, 1.54) is 0 Å². The van der Waals surface area contributed by atoms with E-state index in [0.29, 0.717) is 73.9 Å². The SMILES string of the molecule is CCOCCN(CCOCC)c1nc2c(c(-c3ccccc3)n1)C1(OC(=O)c3ccccc31)c1ccc(N(C)C)cc1O2. The quantitative estimate of drug-likeness (QED) is 0.165. The lowest BCUT2D eigenvalue weighted by atomic mass is 9.77. The number of ether oxygens (including phenoxy) is 4. The zero-order valence-corrected chi connectivity index (χ0v) is 25.0. The first-order chi connectivity index (χ1) is 21.0. The fourth-order valence-corrected chi connectivity index (χ4v) is 5.72. The molecule has 1 atom stereocenters. The lowest BCUT2D eigenvalue weighted by Crippen LogP contribution is -2.36. The van der Waals surface area contributed by atoms with E-state index in [2.05, 4.69) is 4.90 Å². The lowest BCUT2D eigenvalue weighted by molar-refractivity contribution is 0.0222. The molecule has 2 aliphatic heterocycles. The third-order valence-electron chi connectivity index (χ3n) is 7.81. The van der Waals surface area contributed by atoms with Crippen molar-refractivity contribution in [3.63, 3.8) is 0 Å². The van der Waals surface area contributed by atoms with Gasteiger partial charge < -0.3 is 28.7 Å². The summed E-state index contributed by atoms with van der Waals surface area (Å²) in [4.78, 5) is 27.8. The van der Waals surface area contributed by atoms with Crippen molar-refractivity contribution in [1.82, 2.24) is 9.97 Å². The average molecular weight is 581 g/mol. The molecule has 0 N–H and O–H groups in total. The van der Waals surface area contributed by atoms with Crippen LogP contribution in [0.2, 0.25) is 0 Å². The minimum absolute atomic E-state index is 0.342. The molecule has 1 spiro atoms. The number of anilines is 2. The molecule has 3 heterocycles. The van der Waals surface area contributed by atoms with Gasteiger partial charge in [0, 0.05) is 68.8 Å². The molecule has 0 fully saturated rings. The number of benzene rings is 3. The largest absolute Gasteiger partial charge is 0.440 e. The Kier molecular flexibility index (Phi) is 8.01. The summed E-state index contributed by atoms with van der Waals surface area (Å²) < 4.78 is 24.5. The van der Waals surface area contributed by atoms with Crippen molar-refractivity contribution in [3.8, 4) is 22.9 Å². The Bertz CT molecular complexity index is 1620. The van der Waals surface area contributed by atoms with Crippen LogP contribution < -0.4 is 14.5 Å². The van der Waals surface area contributed by atoms with Crippen LogP contribution in [0.4, 0.5) is 11.6 Å². The van der Waals surface area contributed by atoms with Crippen molar-refractivity contribution in [3.05, 3.63) is 95.1 Å². The van der Waals surface area contributed by atoms with Crippen molar-refractivity contribution >= 4 is 17.6 Å². The summed E-state index contributed by atoms with van der Waals surface area (Å²) in [5, 5.41) is 0. The summed E-state index contributed by atoms with van der Waals surface area (Å²) >= 11 is 0. The van der Waals surface area contributed by atoms with E-state index in [1.807, 2.05) is 99.6 Å². The van der Waals surface area contributed by atoms with Gasteiger partial charge in [-0.25, -0.2) is 9.78 Å². The molecule has 2 aliphatic rings. The first kappa shape index (κ1) is 28.6. The molecule has 1 aromatic heterocycles. The number of hydrogen-bond acceptors (Lipinski definition) is 9. The number of nitrogens with zero attached hydrogens (tertiary/aromatic N) is 4. The van der Waals surface area contributed by atoms with Gasteiger partial charge in [0.1, 0.15) is 5.75 Å². The minimum Gasteiger partial charge on any atom is -0.440 e. The van der Waals surface area contributed by atoms with Crippen molar-refractivity contribution in [2.75, 3.05) is 63.4 Å². The third kappa shape index (κ3) is 5.08. The summed E-state index contributed by atoms with van der Waals surface area (Å²) in [6.07, 6.45) is 0. The molecule has 3 aromatic carbocycles. The molecule has 43 heavy (non-hydrogen) atoms. The molecule has 222 valence electrons. The Balaban J connectivity index is 1.62. The summed E-state index contributed by atoms with van der Waals surface area (Å²) in [5.74, 6) is 0.998. The predicted molar refractivity (Wildman–Crippen MR) is 165 cm³/mol. The molecule has 0 saturated heterocycles. The highest BCUT2D eigenvalue weighted by molar-refractivity contribution is 5.97. The fraction of sp³-hybridized carbons (Fsp3) is 0.324. The van der Waals surface area contributed by atoms with Gasteiger partial charge in [-0.15, -0.1) is 0 Å². The highest BCUT2D eigenvalue weighted by atomic mass is 16.6. The molecule has 0 amide bonds. The molecular formula is C34H36N4O5. The Morgan fingerprint density at radius 3 is 2.23 bits per heavy atom. The van der Waals surface area contributed by atoms with Gasteiger partial charge in [-0.05, 0) is 32.0 Å². The molecule has 0 radical (unpaired) electrons. The zero-order chi connectivity index (χ0) is 30.0. The van der Waals surface area contributed by atoms with Crippen LogP contribution in [-0.4, -0.2) is 69.5 Å². The summed E-state index contributed by atoms with van der Waals surface area (Å²) in [7, 11) is 3.95. The summed E-state index contributed by atoms with van der Waals surface area (Å²) in [5.41, 5.74) is 3.70. The van der Waals surface area contributed by atoms with Crippen LogP contribution in [-0.2, 0) is 19.8 Å². The second-order valence-electron chi connectivity index (χ2n) is 10.6. The van der Waals surface area contributed by atoms with Crippen molar-refractivity contribution in [1.29, 1.82) is 0 Å². The second-order valence-corrected chi connectivity index (χ2v) is 10.6. The standard InChI is InChI=1S/C34H36N4O5/c1-5-40-20-18-38(19-21-41-6-2)33-35-30(23-12-8-7-9-13-23)29-31(36-33)42-28-22-24(37(3)4)16-17-27(28)34(29)26-15-11-10-14-25(26)32(39)43-34/h7-17,22H,5-6,18-21H2,1-4H3. The maximum Gasteiger partial charge on any atom is 0.340 e. The van der Waals surface area contributed by atoms with Gasteiger partial charge in [-0.2, -0.15) is 4.98 Å². The second kappa shape index (κ2) is 12.0. The van der Waals surface area contributed by atoms with Gasteiger partial charge in [0.05, 0.1) is 30.0 Å². The van der Waals surface area contributed by atoms with E-state index in [4.69, 9.17) is 28.9 Å². The maximum atomic E-state index is 13.5. The van der Waals surface area contributed by atoms with Crippen molar-refractivity contribution < 1.29 is 23.7 Å². The molecule has 4 aromatic rings. The predicted octanol–water partition coefficient (Wildman–Crippen LogP) is 5.66. The topological polar surface area (TPSA) is 86.2 Å². The lowest BCUT2D eigenvalue weighted by Gasteiger charge is -2.38. The zero-order valence-electron chi connectivity index (χ0n) is 25.0. The number of rotatable bonds is 11. The fourth-order valence-electron chi connectivity index (χ4n) is 5.72. The first-order valence-electron chi connectivity index (χ1n) is 14.7. The molecule has 0 bridgehead atoms. The Labute approximate surface area is 252 Å². The first-order valence-corrected chi connectivity index (χ1v) is 14.7. The number of carbonyl (C=O) groups excluding carboxylic acids is 1. The maximum absolute atomic E-state index is 13.5. The number of hydrogen-bond donors (Lipinski definition) is 0. The number of carbonyl (C=O) groups is 1. The van der Waals surface area contributed by atoms with Crippen LogP contribution in [0, 0.1) is 0 Å². The molecule has 0 aliphatic carbocycles. The monoisotopic (exact) mass is 580 g/mol. The van der Waals surface area contributed by atoms with Crippen LogP contribution in [0.1, 0.15) is 40.9 Å². The van der Waals surface area contributed by atoms with E-state index in [-0.39, 0.29) is 0 Å². The van der Waals surface area contributed by atoms with E-state index in [1.54, 1.807) is 6.07 Å². The molecule has 0 saturated carbocycles. The average Bonchev–Trinajstić information content (AvgIpc) is 3.32. The minimum atomic E-state index is -1.30. The molecule has 6 rings (SSSR count). The normalized spacial score (nSPS) is 16.2. The van der Waals surface area contributed by atoms with E-state index < -0.39 is 11.6 Å². The van der Waals surface area contributed by atoms with E-state index in [0.717, 1.165) is 22.4 Å². The third-order valence-corrected chi connectivity index (χ3v) is 7.81. The molecule has 9 nitrogen and oxygen atoms in total. The van der Waals surface area contributed by atoms with Gasteiger partial charge in [0.15, 0.2) is 5.60 Å². The highest BCUT2D eigenvalue weighted by Crippen LogP contribution is 2.58.